The highest BCUT2D eigenvalue weighted by molar-refractivity contribution is 9.10. The minimum atomic E-state index is 0.287. The third-order valence-corrected chi connectivity index (χ3v) is 3.81. The van der Waals surface area contributed by atoms with E-state index in [0.29, 0.717) is 0 Å². The molecule has 1 heterocycles. The van der Waals surface area contributed by atoms with E-state index in [2.05, 4.69) is 33.2 Å². The van der Waals surface area contributed by atoms with Gasteiger partial charge in [0.1, 0.15) is 11.5 Å². The molecular weight excluding hydrogens is 316 g/mol. The minimum absolute atomic E-state index is 0.287. The molecule has 1 atom stereocenters. The Morgan fingerprint density at radius 1 is 1.30 bits per heavy atom. The summed E-state index contributed by atoms with van der Waals surface area (Å²) in [7, 11) is 1.95. The van der Waals surface area contributed by atoms with Crippen LogP contribution in [0.4, 0.5) is 0 Å². The van der Waals surface area contributed by atoms with Crippen LogP contribution in [0.1, 0.15) is 30.6 Å². The number of halogens is 1. The molecule has 0 aliphatic rings. The Labute approximate surface area is 128 Å². The summed E-state index contributed by atoms with van der Waals surface area (Å²) in [5.41, 5.74) is 2.22. The van der Waals surface area contributed by atoms with Gasteiger partial charge in [-0.15, -0.1) is 0 Å². The summed E-state index contributed by atoms with van der Waals surface area (Å²) in [5.74, 6) is 1.54. The lowest BCUT2D eigenvalue weighted by Gasteiger charge is -2.14. The van der Waals surface area contributed by atoms with Crippen molar-refractivity contribution >= 4 is 15.9 Å². The van der Waals surface area contributed by atoms with Crippen LogP contribution in [0.3, 0.4) is 0 Å². The van der Waals surface area contributed by atoms with Crippen LogP contribution < -0.4 is 10.1 Å². The topological polar surface area (TPSA) is 34.1 Å². The van der Waals surface area contributed by atoms with Crippen molar-refractivity contribution < 1.29 is 4.74 Å². The van der Waals surface area contributed by atoms with Crippen molar-refractivity contribution in [3.8, 4) is 11.5 Å². The quantitative estimate of drug-likeness (QED) is 0.866. The molecule has 1 N–H and O–H groups in total. The Morgan fingerprint density at radius 3 is 2.65 bits per heavy atom. The van der Waals surface area contributed by atoms with Crippen molar-refractivity contribution in [2.24, 2.45) is 0 Å². The number of pyridine rings is 1. The van der Waals surface area contributed by atoms with Gasteiger partial charge in [0, 0.05) is 6.04 Å². The highest BCUT2D eigenvalue weighted by atomic mass is 79.9. The maximum atomic E-state index is 5.84. The van der Waals surface area contributed by atoms with Crippen LogP contribution >= 0.6 is 15.9 Å². The van der Waals surface area contributed by atoms with Crippen molar-refractivity contribution in [2.75, 3.05) is 7.05 Å². The largest absolute Gasteiger partial charge is 0.455 e. The fourth-order valence-corrected chi connectivity index (χ4v) is 2.61. The van der Waals surface area contributed by atoms with E-state index in [1.54, 1.807) is 6.20 Å². The average molecular weight is 335 g/mol. The van der Waals surface area contributed by atoms with Gasteiger partial charge in [0.2, 0.25) is 0 Å². The zero-order valence-electron chi connectivity index (χ0n) is 12.0. The Hall–Kier alpha value is -1.39. The summed E-state index contributed by atoms with van der Waals surface area (Å²) in [6.45, 7) is 4.18. The summed E-state index contributed by atoms with van der Waals surface area (Å²) in [6, 6.07) is 10.3. The van der Waals surface area contributed by atoms with Crippen molar-refractivity contribution in [2.45, 2.75) is 26.3 Å². The van der Waals surface area contributed by atoms with Crippen molar-refractivity contribution in [1.29, 1.82) is 0 Å². The number of nitrogens with one attached hydrogen (secondary N) is 1. The van der Waals surface area contributed by atoms with Crippen LogP contribution in [0.15, 0.2) is 41.0 Å². The molecule has 1 unspecified atom stereocenters. The molecule has 0 saturated carbocycles. The Balaban J connectivity index is 2.14. The number of ether oxygens (including phenoxy) is 1. The van der Waals surface area contributed by atoms with Crippen LogP contribution in [0.2, 0.25) is 0 Å². The molecule has 0 saturated heterocycles. The van der Waals surface area contributed by atoms with E-state index in [0.717, 1.165) is 28.1 Å². The lowest BCUT2D eigenvalue weighted by molar-refractivity contribution is 0.474. The summed E-state index contributed by atoms with van der Waals surface area (Å²) < 4.78 is 6.78. The van der Waals surface area contributed by atoms with E-state index in [4.69, 9.17) is 4.74 Å². The standard InChI is InChI=1S/C16H19BrN2O/c1-4-14(18-3)15-7-6-12(10-19-15)20-16-8-5-11(2)9-13(16)17/h5-10,14,18H,4H2,1-3H3. The van der Waals surface area contributed by atoms with Gasteiger partial charge < -0.3 is 10.1 Å². The number of rotatable bonds is 5. The second kappa shape index (κ2) is 6.86. The third-order valence-electron chi connectivity index (χ3n) is 3.19. The first-order chi connectivity index (χ1) is 9.63. The SMILES string of the molecule is CCC(NC)c1ccc(Oc2ccc(C)cc2Br)cn1. The molecule has 0 spiro atoms. The van der Waals surface area contributed by atoms with Gasteiger partial charge in [0.15, 0.2) is 0 Å². The van der Waals surface area contributed by atoms with E-state index in [-0.39, 0.29) is 6.04 Å². The monoisotopic (exact) mass is 334 g/mol. The van der Waals surface area contributed by atoms with Gasteiger partial charge in [-0.25, -0.2) is 0 Å². The molecule has 1 aromatic heterocycles. The molecule has 3 nitrogen and oxygen atoms in total. The molecule has 4 heteroatoms. The highest BCUT2D eigenvalue weighted by Gasteiger charge is 2.08. The molecule has 106 valence electrons. The van der Waals surface area contributed by atoms with Crippen LogP contribution in [0.25, 0.3) is 0 Å². The summed E-state index contributed by atoms with van der Waals surface area (Å²) >= 11 is 3.51. The maximum absolute atomic E-state index is 5.84. The Bertz CT molecular complexity index is 565. The molecule has 0 bridgehead atoms. The molecule has 0 fully saturated rings. The van der Waals surface area contributed by atoms with Crippen LogP contribution in [-0.4, -0.2) is 12.0 Å². The van der Waals surface area contributed by atoms with Crippen LogP contribution in [-0.2, 0) is 0 Å². The molecule has 0 aliphatic heterocycles. The number of aromatic nitrogens is 1. The minimum Gasteiger partial charge on any atom is -0.455 e. The third kappa shape index (κ3) is 3.58. The first kappa shape index (κ1) is 15.0. The lowest BCUT2D eigenvalue weighted by Crippen LogP contribution is -2.16. The fourth-order valence-electron chi connectivity index (χ4n) is 2.03. The van der Waals surface area contributed by atoms with Crippen molar-refractivity contribution in [3.63, 3.8) is 0 Å². The molecule has 20 heavy (non-hydrogen) atoms. The fraction of sp³-hybridized carbons (Fsp3) is 0.312. The van der Waals surface area contributed by atoms with Gasteiger partial charge >= 0.3 is 0 Å². The van der Waals surface area contributed by atoms with E-state index < -0.39 is 0 Å². The van der Waals surface area contributed by atoms with Gasteiger partial charge in [-0.2, -0.15) is 0 Å². The summed E-state index contributed by atoms with van der Waals surface area (Å²) in [6.07, 6.45) is 2.77. The molecule has 0 radical (unpaired) electrons. The number of benzene rings is 1. The Morgan fingerprint density at radius 2 is 2.10 bits per heavy atom. The van der Waals surface area contributed by atoms with Crippen molar-refractivity contribution in [1.82, 2.24) is 10.3 Å². The van der Waals surface area contributed by atoms with Gasteiger partial charge in [-0.1, -0.05) is 13.0 Å². The first-order valence-corrected chi connectivity index (χ1v) is 7.50. The van der Waals surface area contributed by atoms with E-state index in [1.165, 1.54) is 5.56 Å². The number of aryl methyl sites for hydroxylation is 1. The highest BCUT2D eigenvalue weighted by Crippen LogP contribution is 2.30. The van der Waals surface area contributed by atoms with Gasteiger partial charge in [-0.05, 0) is 66.2 Å². The van der Waals surface area contributed by atoms with Gasteiger partial charge in [0.05, 0.1) is 16.4 Å². The Kier molecular flexibility index (Phi) is 5.15. The molecular formula is C16H19BrN2O. The number of hydrogen-bond acceptors (Lipinski definition) is 3. The zero-order valence-corrected chi connectivity index (χ0v) is 13.6. The molecule has 1 aromatic carbocycles. The zero-order chi connectivity index (χ0) is 14.5. The summed E-state index contributed by atoms with van der Waals surface area (Å²) in [5, 5.41) is 3.24. The van der Waals surface area contributed by atoms with E-state index in [9.17, 15) is 0 Å². The maximum Gasteiger partial charge on any atom is 0.145 e. The van der Waals surface area contributed by atoms with Crippen LogP contribution in [0.5, 0.6) is 11.5 Å². The molecule has 0 amide bonds. The molecule has 2 rings (SSSR count). The normalized spacial score (nSPS) is 12.2. The van der Waals surface area contributed by atoms with Crippen molar-refractivity contribution in [3.05, 3.63) is 52.3 Å². The van der Waals surface area contributed by atoms with Gasteiger partial charge in [-0.3, -0.25) is 4.98 Å². The first-order valence-electron chi connectivity index (χ1n) is 6.71. The lowest BCUT2D eigenvalue weighted by atomic mass is 10.1. The predicted octanol–water partition coefficient (Wildman–Crippen LogP) is 4.62. The summed E-state index contributed by atoms with van der Waals surface area (Å²) in [4.78, 5) is 4.46. The second-order valence-electron chi connectivity index (χ2n) is 4.70. The van der Waals surface area contributed by atoms with Gasteiger partial charge in [0.25, 0.3) is 0 Å². The second-order valence-corrected chi connectivity index (χ2v) is 5.56. The van der Waals surface area contributed by atoms with E-state index >= 15 is 0 Å². The van der Waals surface area contributed by atoms with E-state index in [1.807, 2.05) is 44.3 Å². The number of hydrogen-bond donors (Lipinski definition) is 1. The predicted molar refractivity (Wildman–Crippen MR) is 85.3 cm³/mol. The average Bonchev–Trinajstić information content (AvgIpc) is 2.45. The number of nitrogens with zero attached hydrogens (tertiary/aromatic N) is 1. The smallest absolute Gasteiger partial charge is 0.145 e. The molecule has 2 aromatic rings. The van der Waals surface area contributed by atoms with Crippen LogP contribution in [0, 0.1) is 6.92 Å². The molecule has 0 aliphatic carbocycles.